The maximum Gasteiger partial charge on any atom is 0.187 e. The summed E-state index contributed by atoms with van der Waals surface area (Å²) in [6.45, 7) is 15.1. The molecule has 0 bridgehead atoms. The Labute approximate surface area is 439 Å². The highest BCUT2D eigenvalue weighted by molar-refractivity contribution is 5.46. The molecule has 4 saturated heterocycles. The van der Waals surface area contributed by atoms with E-state index in [9.17, 15) is 66.4 Å². The fraction of sp³-hybridized carbons (Fsp3) is 0.926. The first-order valence-electron chi connectivity index (χ1n) is 27.4. The van der Waals surface area contributed by atoms with Gasteiger partial charge in [-0.05, 0) is 111 Å². The van der Waals surface area contributed by atoms with Crippen LogP contribution in [0.2, 0.25) is 0 Å². The summed E-state index contributed by atoms with van der Waals surface area (Å²) in [6.07, 6.45) is -21.1. The zero-order valence-electron chi connectivity index (χ0n) is 44.7. The molecule has 430 valence electrons. The number of allylic oxidation sites excluding steroid dienone is 3. The zero-order chi connectivity index (χ0) is 54.7. The Balaban J connectivity index is 1.01. The molecule has 5 aliphatic carbocycles. The quantitative estimate of drug-likeness (QED) is 0.108. The first-order valence-corrected chi connectivity index (χ1v) is 27.4. The molecule has 13 N–H and O–H groups in total. The zero-order valence-corrected chi connectivity index (χ0v) is 44.7. The molecule has 75 heavy (non-hydrogen) atoms. The maximum absolute atomic E-state index is 11.9. The van der Waals surface area contributed by atoms with Gasteiger partial charge in [-0.3, -0.25) is 0 Å². The molecule has 4 aliphatic heterocycles. The van der Waals surface area contributed by atoms with E-state index in [2.05, 4.69) is 46.8 Å². The summed E-state index contributed by atoms with van der Waals surface area (Å²) >= 11 is 0. The van der Waals surface area contributed by atoms with Crippen LogP contribution >= 0.6 is 0 Å². The molecule has 0 radical (unpaired) electrons. The van der Waals surface area contributed by atoms with Gasteiger partial charge in [-0.1, -0.05) is 59.3 Å². The number of hydrogen-bond acceptors (Lipinski definition) is 21. The molecule has 28 atom stereocenters. The van der Waals surface area contributed by atoms with Crippen molar-refractivity contribution in [3.8, 4) is 0 Å². The lowest BCUT2D eigenvalue weighted by molar-refractivity contribution is -0.402. The molecule has 7 fully saturated rings. The third-order valence-corrected chi connectivity index (χ3v) is 21.0. The number of ether oxygens (including phenoxy) is 8. The van der Waals surface area contributed by atoms with Crippen LogP contribution in [0, 0.1) is 44.3 Å². The monoisotopic (exact) mass is 1070 g/mol. The van der Waals surface area contributed by atoms with Gasteiger partial charge in [0, 0.05) is 10.8 Å². The van der Waals surface area contributed by atoms with E-state index in [1.165, 1.54) is 25.0 Å². The van der Waals surface area contributed by atoms with E-state index < -0.39 is 148 Å². The molecular weight excluding hydrogens is 985 g/mol. The van der Waals surface area contributed by atoms with Crippen molar-refractivity contribution in [3.63, 3.8) is 0 Å². The van der Waals surface area contributed by atoms with E-state index in [1.807, 2.05) is 6.92 Å². The molecule has 21 nitrogen and oxygen atoms in total. The summed E-state index contributed by atoms with van der Waals surface area (Å²) in [4.78, 5) is 0. The Bertz CT molecular complexity index is 2070. The fourth-order valence-electron chi connectivity index (χ4n) is 15.9. The van der Waals surface area contributed by atoms with Crippen molar-refractivity contribution >= 4 is 0 Å². The molecule has 21 heteroatoms. The van der Waals surface area contributed by atoms with Gasteiger partial charge in [0.2, 0.25) is 0 Å². The van der Waals surface area contributed by atoms with Gasteiger partial charge in [-0.2, -0.15) is 0 Å². The van der Waals surface area contributed by atoms with Gasteiger partial charge in [0.1, 0.15) is 85.5 Å². The van der Waals surface area contributed by atoms with Crippen molar-refractivity contribution in [2.75, 3.05) is 26.4 Å². The highest BCUT2D eigenvalue weighted by atomic mass is 16.8. The van der Waals surface area contributed by atoms with Crippen molar-refractivity contribution in [1.29, 1.82) is 0 Å². The van der Waals surface area contributed by atoms with E-state index in [1.54, 1.807) is 0 Å². The Hall–Kier alpha value is -1.36. The molecule has 4 unspecified atom stereocenters. The Morgan fingerprint density at radius 2 is 1.08 bits per heavy atom. The SMILES string of the molecule is C[C@@H]1O[C@@H](O[C@H]2[C@H](O)[C@@H](O)[C@H](O[C@H]3[C@@H](O)[C@@H](C)O[C@@H](O[C@H]4CC[C@@]5(C)[C@@H](CC[C@]6(C)[C@@H]5C=CC5=C7CC(C)(C)CC[C@]7(CO)CC[C@]56C)[C@]4(C)CO)[C@@H]3OC3O[C@H](CO)C(O)C(O)C3O)O[C@@H]2CO)[C@H](O)[C@H](O)[C@H]1O. The van der Waals surface area contributed by atoms with E-state index in [0.717, 1.165) is 44.9 Å². The second kappa shape index (κ2) is 21.2. The van der Waals surface area contributed by atoms with Crippen LogP contribution in [0.15, 0.2) is 23.3 Å². The van der Waals surface area contributed by atoms with Crippen molar-refractivity contribution in [2.24, 2.45) is 44.3 Å². The van der Waals surface area contributed by atoms with Gasteiger partial charge in [0.05, 0.1) is 44.7 Å². The third-order valence-electron chi connectivity index (χ3n) is 21.0. The molecule has 0 spiro atoms. The highest BCUT2D eigenvalue weighted by Gasteiger charge is 2.68. The van der Waals surface area contributed by atoms with Crippen LogP contribution in [0.4, 0.5) is 0 Å². The van der Waals surface area contributed by atoms with Crippen molar-refractivity contribution in [1.82, 2.24) is 0 Å². The predicted molar refractivity (Wildman–Crippen MR) is 261 cm³/mol. The fourth-order valence-corrected chi connectivity index (χ4v) is 15.9. The minimum Gasteiger partial charge on any atom is -0.396 e. The maximum atomic E-state index is 11.9. The summed E-state index contributed by atoms with van der Waals surface area (Å²) in [5, 5.41) is 143. The molecular formula is C54H88O21. The molecule has 0 amide bonds. The minimum atomic E-state index is -2.00. The summed E-state index contributed by atoms with van der Waals surface area (Å²) in [5.74, 6) is 0.0404. The number of aliphatic hydroxyl groups excluding tert-OH is 13. The van der Waals surface area contributed by atoms with Crippen LogP contribution in [0.5, 0.6) is 0 Å². The van der Waals surface area contributed by atoms with Crippen LogP contribution in [0.3, 0.4) is 0 Å². The number of fused-ring (bicyclic) bond motifs is 6. The van der Waals surface area contributed by atoms with Gasteiger partial charge in [-0.25, -0.2) is 0 Å². The Kier molecular flexibility index (Phi) is 16.5. The summed E-state index contributed by atoms with van der Waals surface area (Å²) in [7, 11) is 0. The van der Waals surface area contributed by atoms with Gasteiger partial charge < -0.3 is 104 Å². The third kappa shape index (κ3) is 9.47. The highest BCUT2D eigenvalue weighted by Crippen LogP contribution is 2.74. The first-order chi connectivity index (χ1) is 35.2. The van der Waals surface area contributed by atoms with Crippen molar-refractivity contribution in [3.05, 3.63) is 23.3 Å². The number of aliphatic hydroxyl groups is 13. The van der Waals surface area contributed by atoms with Gasteiger partial charge in [0.15, 0.2) is 25.2 Å². The van der Waals surface area contributed by atoms with Crippen LogP contribution in [0.1, 0.15) is 113 Å². The molecule has 0 aromatic heterocycles. The average Bonchev–Trinajstić information content (AvgIpc) is 3.37. The van der Waals surface area contributed by atoms with Gasteiger partial charge in [0.25, 0.3) is 0 Å². The van der Waals surface area contributed by atoms with E-state index >= 15 is 0 Å². The molecule has 9 aliphatic rings. The smallest absolute Gasteiger partial charge is 0.187 e. The van der Waals surface area contributed by atoms with Crippen LogP contribution in [0.25, 0.3) is 0 Å². The molecule has 0 aromatic carbocycles. The Morgan fingerprint density at radius 1 is 0.520 bits per heavy atom. The normalized spacial score (nSPS) is 54.9. The van der Waals surface area contributed by atoms with Gasteiger partial charge >= 0.3 is 0 Å². The van der Waals surface area contributed by atoms with Crippen LogP contribution in [-0.2, 0) is 37.9 Å². The van der Waals surface area contributed by atoms with Crippen LogP contribution in [-0.4, -0.2) is 222 Å². The van der Waals surface area contributed by atoms with Crippen LogP contribution < -0.4 is 0 Å². The molecule has 3 saturated carbocycles. The number of hydrogen-bond donors (Lipinski definition) is 13. The lowest BCUT2D eigenvalue weighted by atomic mass is 9.35. The molecule has 4 heterocycles. The summed E-state index contributed by atoms with van der Waals surface area (Å²) < 4.78 is 49.3. The lowest BCUT2D eigenvalue weighted by Crippen LogP contribution is -2.68. The van der Waals surface area contributed by atoms with E-state index in [4.69, 9.17) is 37.9 Å². The summed E-state index contributed by atoms with van der Waals surface area (Å²) in [6, 6.07) is 0. The standard InChI is InChI=1S/C54H88O21/c1-24-33(59)36(62)39(65)45(68-24)73-42-29(21-56)71-47(41(67)38(42)64)74-43-34(60)25(2)69-48(44(43)75-46-40(66)37(63)35(61)28(20-55)70-46)72-32-12-13-50(5)30(51(32,6)22-57)11-14-53(8)31(50)10-9-26-27-19-49(3,4)15-17-54(27,23-58)18-16-52(26,53)7/h9-10,24-25,28-48,55-67H,11-23H2,1-8H3/t24-,25+,28+,29+,30+,31+,32-,33-,34-,35?,36+,37?,38+,39+,40?,41+,42+,43-,44+,45-,46?,47-,48-,50-,51-,52+,53+,54+/m0/s1. The van der Waals surface area contributed by atoms with Gasteiger partial charge in [-0.15, -0.1) is 0 Å². The second-order valence-corrected chi connectivity index (χ2v) is 25.8. The largest absolute Gasteiger partial charge is 0.396 e. The van der Waals surface area contributed by atoms with E-state index in [0.29, 0.717) is 12.8 Å². The topological polar surface area (TPSA) is 337 Å². The minimum absolute atomic E-state index is 0.0824. The van der Waals surface area contributed by atoms with Crippen molar-refractivity contribution in [2.45, 2.75) is 242 Å². The van der Waals surface area contributed by atoms with Crippen molar-refractivity contribution < 1.29 is 104 Å². The predicted octanol–water partition coefficient (Wildman–Crippen LogP) is -0.614. The Morgan fingerprint density at radius 3 is 1.72 bits per heavy atom. The molecule has 9 rings (SSSR count). The second-order valence-electron chi connectivity index (χ2n) is 25.8. The number of rotatable bonds is 12. The summed E-state index contributed by atoms with van der Waals surface area (Å²) in [5.41, 5.74) is 1.21. The average molecular weight is 1070 g/mol. The lowest BCUT2D eigenvalue weighted by Gasteiger charge is -2.70. The van der Waals surface area contributed by atoms with E-state index in [-0.39, 0.29) is 52.1 Å². The first kappa shape index (κ1) is 58.3. The molecule has 0 aromatic rings.